The zero-order valence-electron chi connectivity index (χ0n) is 21.1. The zero-order valence-corrected chi connectivity index (χ0v) is 21.1. The molecule has 8 heteroatoms. The van der Waals surface area contributed by atoms with Gasteiger partial charge in [0, 0.05) is 42.1 Å². The Morgan fingerprint density at radius 1 is 1.08 bits per heavy atom. The molecule has 1 fully saturated rings. The highest BCUT2D eigenvalue weighted by atomic mass is 16.2. The summed E-state index contributed by atoms with van der Waals surface area (Å²) in [5.74, 6) is 0.955. The van der Waals surface area contributed by atoms with Gasteiger partial charge >= 0.3 is 0 Å². The van der Waals surface area contributed by atoms with Gasteiger partial charge in [-0.2, -0.15) is 5.10 Å². The van der Waals surface area contributed by atoms with E-state index in [9.17, 15) is 9.59 Å². The fourth-order valence-electron chi connectivity index (χ4n) is 3.97. The fourth-order valence-corrected chi connectivity index (χ4v) is 3.97. The highest BCUT2D eigenvalue weighted by molar-refractivity contribution is 5.98. The summed E-state index contributed by atoms with van der Waals surface area (Å²) in [5, 5.41) is 12.9. The van der Waals surface area contributed by atoms with Crippen molar-refractivity contribution in [3.63, 3.8) is 0 Å². The molecule has 1 unspecified atom stereocenters. The molecule has 8 nitrogen and oxygen atoms in total. The van der Waals surface area contributed by atoms with Gasteiger partial charge in [0.15, 0.2) is 5.82 Å². The summed E-state index contributed by atoms with van der Waals surface area (Å²) >= 11 is 0. The number of anilines is 2. The number of H-pyrrole nitrogens is 1. The molecular formula is C28H34N6O2. The molecule has 0 spiro atoms. The van der Waals surface area contributed by atoms with Crippen molar-refractivity contribution in [1.82, 2.24) is 20.1 Å². The van der Waals surface area contributed by atoms with Crippen molar-refractivity contribution >= 4 is 23.5 Å². The number of aromatic amines is 1. The van der Waals surface area contributed by atoms with Gasteiger partial charge in [0.2, 0.25) is 11.8 Å². The number of pyridine rings is 1. The number of nitrogens with zero attached hydrogens (tertiary/aromatic N) is 3. The maximum Gasteiger partial charge on any atom is 0.249 e. The molecular weight excluding hydrogens is 452 g/mol. The number of nitrogens with one attached hydrogen (secondary N) is 3. The average Bonchev–Trinajstić information content (AvgIpc) is 3.65. The third-order valence-electron chi connectivity index (χ3n) is 6.52. The minimum Gasteiger partial charge on any atom is -0.309 e. The zero-order chi connectivity index (χ0) is 25.5. The van der Waals surface area contributed by atoms with Crippen LogP contribution in [0.25, 0.3) is 11.1 Å². The molecule has 1 saturated carbocycles. The number of amides is 2. The largest absolute Gasteiger partial charge is 0.309 e. The average molecular weight is 487 g/mol. The summed E-state index contributed by atoms with van der Waals surface area (Å²) in [4.78, 5) is 31.6. The first-order chi connectivity index (χ1) is 17.5. The normalized spacial score (nSPS) is 14.2. The SMILES string of the molecule is CCN(CC)C/C=C/C(=O)Nc1ccc(-c2cccc(C(C)C(=O)Nc3cc(C4CC4)[nH]n3)c2)cn1. The molecule has 188 valence electrons. The van der Waals surface area contributed by atoms with E-state index < -0.39 is 0 Å². The maximum absolute atomic E-state index is 12.8. The summed E-state index contributed by atoms with van der Waals surface area (Å²) in [6.07, 6.45) is 7.48. The fraction of sp³-hybridized carbons (Fsp3) is 0.357. The number of carbonyl (C=O) groups is 2. The number of likely N-dealkylation sites (N-methyl/N-ethyl adjacent to an activating group) is 1. The van der Waals surface area contributed by atoms with E-state index in [1.807, 2.05) is 49.4 Å². The molecule has 0 bridgehead atoms. The Morgan fingerprint density at radius 3 is 2.58 bits per heavy atom. The van der Waals surface area contributed by atoms with Crippen LogP contribution < -0.4 is 10.6 Å². The first-order valence-corrected chi connectivity index (χ1v) is 12.6. The number of aromatic nitrogens is 3. The number of hydrogen-bond donors (Lipinski definition) is 3. The van der Waals surface area contributed by atoms with Crippen molar-refractivity contribution in [3.8, 4) is 11.1 Å². The van der Waals surface area contributed by atoms with E-state index in [-0.39, 0.29) is 17.7 Å². The molecule has 0 radical (unpaired) electrons. The van der Waals surface area contributed by atoms with Gasteiger partial charge in [0.25, 0.3) is 0 Å². The van der Waals surface area contributed by atoms with Crippen LogP contribution in [-0.4, -0.2) is 51.5 Å². The van der Waals surface area contributed by atoms with Gasteiger partial charge < -0.3 is 15.5 Å². The second-order valence-corrected chi connectivity index (χ2v) is 9.13. The third kappa shape index (κ3) is 6.66. The molecule has 0 aliphatic heterocycles. The van der Waals surface area contributed by atoms with Gasteiger partial charge in [-0.05, 0) is 56.1 Å². The summed E-state index contributed by atoms with van der Waals surface area (Å²) in [6, 6.07) is 13.5. The lowest BCUT2D eigenvalue weighted by Crippen LogP contribution is -2.23. The molecule has 1 aromatic carbocycles. The van der Waals surface area contributed by atoms with Gasteiger partial charge in [0.05, 0.1) is 5.92 Å². The van der Waals surface area contributed by atoms with Crippen LogP contribution in [0.1, 0.15) is 56.7 Å². The molecule has 36 heavy (non-hydrogen) atoms. The lowest BCUT2D eigenvalue weighted by atomic mass is 9.96. The Bertz CT molecular complexity index is 1210. The van der Waals surface area contributed by atoms with Gasteiger partial charge in [-0.1, -0.05) is 44.2 Å². The molecule has 2 amide bonds. The topological polar surface area (TPSA) is 103 Å². The van der Waals surface area contributed by atoms with E-state index in [4.69, 9.17) is 0 Å². The Balaban J connectivity index is 1.35. The maximum atomic E-state index is 12.8. The standard InChI is InChI=1S/C28H34N6O2/c1-4-34(5-2)15-7-10-27(35)30-25-14-13-23(18-29-25)22-9-6-8-21(16-22)19(3)28(36)31-26-17-24(32-33-26)20-11-12-20/h6-10,13-14,16-20H,4-5,11-12,15H2,1-3H3,(H,29,30,35)(H2,31,32,33,36)/b10-7+. The van der Waals surface area contributed by atoms with E-state index in [0.29, 0.717) is 17.6 Å². The number of rotatable bonds is 11. The van der Waals surface area contributed by atoms with E-state index in [1.54, 1.807) is 18.3 Å². The Kier molecular flexibility index (Phi) is 8.28. The Labute approximate surface area is 212 Å². The quantitative estimate of drug-likeness (QED) is 0.334. The minimum atomic E-state index is -0.347. The molecule has 2 aromatic heterocycles. The van der Waals surface area contributed by atoms with Crippen LogP contribution >= 0.6 is 0 Å². The van der Waals surface area contributed by atoms with Crippen molar-refractivity contribution in [2.45, 2.75) is 45.4 Å². The summed E-state index contributed by atoms with van der Waals surface area (Å²) in [5.41, 5.74) is 3.84. The first-order valence-electron chi connectivity index (χ1n) is 12.6. The molecule has 3 N–H and O–H groups in total. The van der Waals surface area contributed by atoms with Gasteiger partial charge in [-0.3, -0.25) is 14.7 Å². The van der Waals surface area contributed by atoms with Crippen molar-refractivity contribution < 1.29 is 9.59 Å². The molecule has 1 aliphatic rings. The van der Waals surface area contributed by atoms with Crippen molar-refractivity contribution in [2.75, 3.05) is 30.3 Å². The second-order valence-electron chi connectivity index (χ2n) is 9.13. The summed E-state index contributed by atoms with van der Waals surface area (Å²) in [6.45, 7) is 8.71. The van der Waals surface area contributed by atoms with E-state index >= 15 is 0 Å². The highest BCUT2D eigenvalue weighted by Crippen LogP contribution is 2.39. The van der Waals surface area contributed by atoms with Crippen LogP contribution in [-0.2, 0) is 9.59 Å². The van der Waals surface area contributed by atoms with Crippen molar-refractivity contribution in [2.24, 2.45) is 0 Å². The van der Waals surface area contributed by atoms with Gasteiger partial charge in [-0.15, -0.1) is 0 Å². The Hall–Kier alpha value is -3.78. The highest BCUT2D eigenvalue weighted by Gasteiger charge is 2.26. The first kappa shape index (κ1) is 25.3. The smallest absolute Gasteiger partial charge is 0.249 e. The lowest BCUT2D eigenvalue weighted by Gasteiger charge is -2.14. The van der Waals surface area contributed by atoms with Crippen molar-refractivity contribution in [1.29, 1.82) is 0 Å². The van der Waals surface area contributed by atoms with Crippen molar-refractivity contribution in [3.05, 3.63) is 72.1 Å². The predicted octanol–water partition coefficient (Wildman–Crippen LogP) is 4.93. The van der Waals surface area contributed by atoms with E-state index in [1.165, 1.54) is 12.8 Å². The summed E-state index contributed by atoms with van der Waals surface area (Å²) < 4.78 is 0. The second kappa shape index (κ2) is 11.8. The molecule has 0 saturated heterocycles. The van der Waals surface area contributed by atoms with E-state index in [2.05, 4.69) is 44.6 Å². The van der Waals surface area contributed by atoms with Crippen LogP contribution in [0, 0.1) is 0 Å². The molecule has 2 heterocycles. The Morgan fingerprint density at radius 2 is 1.89 bits per heavy atom. The minimum absolute atomic E-state index is 0.105. The van der Waals surface area contributed by atoms with E-state index in [0.717, 1.165) is 42.0 Å². The summed E-state index contributed by atoms with van der Waals surface area (Å²) in [7, 11) is 0. The molecule has 1 atom stereocenters. The predicted molar refractivity (Wildman–Crippen MR) is 143 cm³/mol. The number of benzene rings is 1. The monoisotopic (exact) mass is 486 g/mol. The van der Waals surface area contributed by atoms with Crippen LogP contribution in [0.2, 0.25) is 0 Å². The van der Waals surface area contributed by atoms with Crippen LogP contribution in [0.4, 0.5) is 11.6 Å². The molecule has 4 rings (SSSR count). The van der Waals surface area contributed by atoms with Crippen LogP contribution in [0.15, 0.2) is 60.8 Å². The van der Waals surface area contributed by atoms with Crippen LogP contribution in [0.3, 0.4) is 0 Å². The molecule has 1 aliphatic carbocycles. The third-order valence-corrected chi connectivity index (χ3v) is 6.52. The van der Waals surface area contributed by atoms with Gasteiger partial charge in [0.1, 0.15) is 5.82 Å². The number of carbonyl (C=O) groups excluding carboxylic acids is 2. The van der Waals surface area contributed by atoms with Crippen LogP contribution in [0.5, 0.6) is 0 Å². The number of hydrogen-bond acceptors (Lipinski definition) is 5. The molecule has 3 aromatic rings. The lowest BCUT2D eigenvalue weighted by molar-refractivity contribution is -0.117. The van der Waals surface area contributed by atoms with Gasteiger partial charge in [-0.25, -0.2) is 4.98 Å².